The summed E-state index contributed by atoms with van der Waals surface area (Å²) in [5.41, 5.74) is -0.537. The Labute approximate surface area is 132 Å². The Kier molecular flexibility index (Phi) is 5.33. The molecule has 3 fully saturated rings. The van der Waals surface area contributed by atoms with Crippen molar-refractivity contribution in [3.05, 3.63) is 34.5 Å². The second-order valence-electron chi connectivity index (χ2n) is 5.46. The van der Waals surface area contributed by atoms with Gasteiger partial charge in [-0.25, -0.2) is 9.59 Å². The fourth-order valence-electron chi connectivity index (χ4n) is 2.99. The Morgan fingerprint density at radius 2 is 1.82 bits per heavy atom. The van der Waals surface area contributed by atoms with Crippen LogP contribution >= 0.6 is 11.3 Å². The Hall–Kier alpha value is -1.70. The number of aliphatic carboxylic acids is 2. The highest BCUT2D eigenvalue weighted by Gasteiger charge is 2.46. The number of hydrogen-bond acceptors (Lipinski definition) is 5. The first-order chi connectivity index (χ1) is 10.4. The van der Waals surface area contributed by atoms with E-state index in [0.29, 0.717) is 18.1 Å². The molecule has 7 heteroatoms. The van der Waals surface area contributed by atoms with Gasteiger partial charge in [-0.1, -0.05) is 6.07 Å². The molecule has 0 aliphatic carbocycles. The minimum absolute atomic E-state index is 0.492. The molecular weight excluding hydrogens is 306 g/mol. The SMILES string of the molecule is O=C(O)/C=C/C(=O)O.OC1(c2cccs2)CN2CCC1CC2. The summed E-state index contributed by atoms with van der Waals surface area (Å²) in [4.78, 5) is 22.7. The lowest BCUT2D eigenvalue weighted by atomic mass is 9.74. The lowest BCUT2D eigenvalue weighted by Crippen LogP contribution is -2.56. The van der Waals surface area contributed by atoms with Gasteiger partial charge in [-0.15, -0.1) is 11.3 Å². The first-order valence-corrected chi connectivity index (χ1v) is 7.92. The third-order valence-electron chi connectivity index (χ3n) is 4.04. The average Bonchev–Trinajstić information content (AvgIpc) is 3.02. The molecule has 3 saturated heterocycles. The lowest BCUT2D eigenvalue weighted by molar-refractivity contribution is -0.134. The van der Waals surface area contributed by atoms with Gasteiger partial charge in [-0.3, -0.25) is 0 Å². The van der Waals surface area contributed by atoms with Gasteiger partial charge in [0.15, 0.2) is 0 Å². The third kappa shape index (κ3) is 3.94. The molecule has 3 N–H and O–H groups in total. The lowest BCUT2D eigenvalue weighted by Gasteiger charge is -2.50. The van der Waals surface area contributed by atoms with E-state index >= 15 is 0 Å². The Bertz CT molecular complexity index is 532. The van der Waals surface area contributed by atoms with E-state index in [1.807, 2.05) is 6.07 Å². The Morgan fingerprint density at radius 1 is 1.23 bits per heavy atom. The predicted octanol–water partition coefficient (Wildman–Crippen LogP) is 1.37. The molecule has 120 valence electrons. The zero-order chi connectivity index (χ0) is 16.2. The molecule has 0 spiro atoms. The number of fused-ring (bicyclic) bond motifs is 3. The van der Waals surface area contributed by atoms with Crippen molar-refractivity contribution in [2.75, 3.05) is 19.6 Å². The molecule has 4 rings (SSSR count). The van der Waals surface area contributed by atoms with Gasteiger partial charge in [0.2, 0.25) is 0 Å². The molecule has 0 saturated carbocycles. The van der Waals surface area contributed by atoms with E-state index in [-0.39, 0.29) is 0 Å². The molecular formula is C15H19NO5S. The van der Waals surface area contributed by atoms with Crippen LogP contribution in [0.1, 0.15) is 17.7 Å². The quantitative estimate of drug-likeness (QED) is 0.726. The number of carboxylic acids is 2. The van der Waals surface area contributed by atoms with Gasteiger partial charge in [-0.2, -0.15) is 0 Å². The largest absolute Gasteiger partial charge is 0.478 e. The van der Waals surface area contributed by atoms with Crippen LogP contribution in [0.3, 0.4) is 0 Å². The van der Waals surface area contributed by atoms with Gasteiger partial charge < -0.3 is 20.2 Å². The molecule has 1 aromatic rings. The van der Waals surface area contributed by atoms with E-state index in [1.54, 1.807) is 11.3 Å². The fraction of sp³-hybridized carbons (Fsp3) is 0.467. The van der Waals surface area contributed by atoms with Crippen LogP contribution < -0.4 is 0 Å². The zero-order valence-corrected chi connectivity index (χ0v) is 12.8. The molecule has 22 heavy (non-hydrogen) atoms. The first kappa shape index (κ1) is 16.7. The second-order valence-corrected chi connectivity index (χ2v) is 6.41. The van der Waals surface area contributed by atoms with Crippen molar-refractivity contribution in [3.8, 4) is 0 Å². The molecule has 1 aromatic heterocycles. The molecule has 0 radical (unpaired) electrons. The van der Waals surface area contributed by atoms with Crippen molar-refractivity contribution in [2.45, 2.75) is 18.4 Å². The number of hydrogen-bond donors (Lipinski definition) is 3. The van der Waals surface area contributed by atoms with E-state index < -0.39 is 17.5 Å². The smallest absolute Gasteiger partial charge is 0.328 e. The summed E-state index contributed by atoms with van der Waals surface area (Å²) in [5, 5.41) is 28.4. The zero-order valence-electron chi connectivity index (χ0n) is 12.0. The maximum absolute atomic E-state index is 10.7. The highest BCUT2D eigenvalue weighted by molar-refractivity contribution is 7.10. The summed E-state index contributed by atoms with van der Waals surface area (Å²) in [6, 6.07) is 4.11. The minimum Gasteiger partial charge on any atom is -0.478 e. The maximum Gasteiger partial charge on any atom is 0.328 e. The Morgan fingerprint density at radius 3 is 2.18 bits per heavy atom. The summed E-state index contributed by atoms with van der Waals surface area (Å²) in [5.74, 6) is -2.02. The standard InChI is InChI=1S/C11H15NOS.C4H4O4/c13-11(10-2-1-7-14-10)8-12-5-3-9(11)4-6-12;5-3(6)1-2-4(7)8/h1-2,7,9,13H,3-6,8H2;1-2H,(H,5,6)(H,7,8)/b;2-1+. The second kappa shape index (κ2) is 7.04. The molecule has 2 bridgehead atoms. The van der Waals surface area contributed by atoms with Gasteiger partial charge in [0, 0.05) is 23.6 Å². The van der Waals surface area contributed by atoms with E-state index in [1.165, 1.54) is 13.1 Å². The fourth-order valence-corrected chi connectivity index (χ4v) is 3.88. The number of thiophene rings is 1. The molecule has 1 atom stereocenters. The summed E-state index contributed by atoms with van der Waals surface area (Å²) in [7, 11) is 0. The van der Waals surface area contributed by atoms with Crippen LogP contribution in [-0.4, -0.2) is 51.8 Å². The van der Waals surface area contributed by atoms with Crippen molar-refractivity contribution in [2.24, 2.45) is 5.92 Å². The van der Waals surface area contributed by atoms with Crippen molar-refractivity contribution < 1.29 is 24.9 Å². The van der Waals surface area contributed by atoms with Crippen LogP contribution in [0.25, 0.3) is 0 Å². The van der Waals surface area contributed by atoms with E-state index in [4.69, 9.17) is 10.2 Å². The van der Waals surface area contributed by atoms with Crippen LogP contribution in [0.2, 0.25) is 0 Å². The highest BCUT2D eigenvalue weighted by atomic mass is 32.1. The average molecular weight is 325 g/mol. The number of aliphatic hydroxyl groups is 1. The normalized spacial score (nSPS) is 29.9. The van der Waals surface area contributed by atoms with Crippen LogP contribution in [0.15, 0.2) is 29.7 Å². The van der Waals surface area contributed by atoms with Crippen molar-refractivity contribution in [1.29, 1.82) is 0 Å². The van der Waals surface area contributed by atoms with Crippen LogP contribution in [-0.2, 0) is 15.2 Å². The topological polar surface area (TPSA) is 98.1 Å². The van der Waals surface area contributed by atoms with Crippen molar-refractivity contribution in [1.82, 2.24) is 4.90 Å². The summed E-state index contributed by atoms with van der Waals surface area (Å²) in [6.07, 6.45) is 3.44. The van der Waals surface area contributed by atoms with E-state index in [9.17, 15) is 14.7 Å². The number of carboxylic acid groups (broad SMARTS) is 2. The number of carbonyl (C=O) groups is 2. The summed E-state index contributed by atoms with van der Waals surface area (Å²) >= 11 is 1.69. The van der Waals surface area contributed by atoms with Gasteiger partial charge in [0.05, 0.1) is 0 Å². The third-order valence-corrected chi connectivity index (χ3v) is 5.08. The van der Waals surface area contributed by atoms with Gasteiger partial charge >= 0.3 is 11.9 Å². The molecule has 6 nitrogen and oxygen atoms in total. The first-order valence-electron chi connectivity index (χ1n) is 7.04. The highest BCUT2D eigenvalue weighted by Crippen LogP contribution is 2.43. The monoisotopic (exact) mass is 325 g/mol. The number of nitrogens with zero attached hydrogens (tertiary/aromatic N) is 1. The maximum atomic E-state index is 10.7. The van der Waals surface area contributed by atoms with Crippen LogP contribution in [0.5, 0.6) is 0 Å². The van der Waals surface area contributed by atoms with E-state index in [0.717, 1.165) is 24.3 Å². The summed E-state index contributed by atoms with van der Waals surface area (Å²) < 4.78 is 0. The molecule has 3 aliphatic heterocycles. The molecule has 4 heterocycles. The molecule has 0 amide bonds. The van der Waals surface area contributed by atoms with Crippen LogP contribution in [0, 0.1) is 5.92 Å². The van der Waals surface area contributed by atoms with Gasteiger partial charge in [-0.05, 0) is 43.3 Å². The molecule has 1 unspecified atom stereocenters. The molecule has 3 aliphatic rings. The van der Waals surface area contributed by atoms with Gasteiger partial charge in [0.1, 0.15) is 5.60 Å². The molecule has 0 aromatic carbocycles. The Balaban J connectivity index is 0.000000192. The van der Waals surface area contributed by atoms with Crippen molar-refractivity contribution >= 4 is 23.3 Å². The predicted molar refractivity (Wildman–Crippen MR) is 81.8 cm³/mol. The van der Waals surface area contributed by atoms with Gasteiger partial charge in [0.25, 0.3) is 0 Å². The minimum atomic E-state index is -1.26. The number of rotatable bonds is 3. The number of piperidine rings is 3. The summed E-state index contributed by atoms with van der Waals surface area (Å²) in [6.45, 7) is 3.20. The van der Waals surface area contributed by atoms with Crippen molar-refractivity contribution in [3.63, 3.8) is 0 Å². The van der Waals surface area contributed by atoms with E-state index in [2.05, 4.69) is 16.3 Å². The van der Waals surface area contributed by atoms with Crippen LogP contribution in [0.4, 0.5) is 0 Å².